The molecule has 40 heavy (non-hydrogen) atoms. The average molecular weight is 531 g/mol. The van der Waals surface area contributed by atoms with Crippen LogP contribution in [0.5, 0.6) is 0 Å². The van der Waals surface area contributed by atoms with Gasteiger partial charge in [0.05, 0.1) is 12.8 Å². The van der Waals surface area contributed by atoms with Gasteiger partial charge >= 0.3 is 0 Å². The van der Waals surface area contributed by atoms with E-state index in [4.69, 9.17) is 9.68 Å². The van der Waals surface area contributed by atoms with Gasteiger partial charge in [0.25, 0.3) is 0 Å². The SMILES string of the molecule is C(=NOCc1ccccc1)c1ccccc1.O=Cc1ccccc1.c1ccc(CNOCc2ccccc2)cc1. The Labute approximate surface area is 236 Å². The molecule has 5 aromatic carbocycles. The molecule has 0 spiro atoms. The van der Waals surface area contributed by atoms with E-state index in [-0.39, 0.29) is 0 Å². The Bertz CT molecular complexity index is 1290. The van der Waals surface area contributed by atoms with Gasteiger partial charge in [-0.25, -0.2) is 0 Å². The van der Waals surface area contributed by atoms with E-state index in [0.717, 1.165) is 29.5 Å². The molecule has 5 aromatic rings. The van der Waals surface area contributed by atoms with Crippen LogP contribution in [0.4, 0.5) is 0 Å². The van der Waals surface area contributed by atoms with Gasteiger partial charge in [-0.1, -0.05) is 157 Å². The van der Waals surface area contributed by atoms with Gasteiger partial charge in [0.15, 0.2) is 0 Å². The Morgan fingerprint density at radius 2 is 0.950 bits per heavy atom. The fourth-order valence-corrected chi connectivity index (χ4v) is 3.29. The van der Waals surface area contributed by atoms with Gasteiger partial charge in [0.1, 0.15) is 12.9 Å². The lowest BCUT2D eigenvalue weighted by atomic mass is 10.2. The van der Waals surface area contributed by atoms with Crippen LogP contribution in [0.1, 0.15) is 32.6 Å². The molecule has 0 fully saturated rings. The molecule has 0 heterocycles. The molecular weight excluding hydrogens is 496 g/mol. The van der Waals surface area contributed by atoms with E-state index < -0.39 is 0 Å². The van der Waals surface area contributed by atoms with E-state index in [1.807, 2.05) is 127 Å². The molecule has 0 unspecified atom stereocenters. The molecule has 0 atom stereocenters. The quantitative estimate of drug-likeness (QED) is 0.0872. The summed E-state index contributed by atoms with van der Waals surface area (Å²) >= 11 is 0. The van der Waals surface area contributed by atoms with Gasteiger partial charge < -0.3 is 4.84 Å². The second-order valence-electron chi connectivity index (χ2n) is 8.51. The zero-order chi connectivity index (χ0) is 27.9. The highest BCUT2D eigenvalue weighted by molar-refractivity contribution is 5.78. The van der Waals surface area contributed by atoms with Crippen LogP contribution in [0.15, 0.2) is 157 Å². The molecule has 0 saturated carbocycles. The molecule has 202 valence electrons. The first-order valence-corrected chi connectivity index (χ1v) is 13.0. The molecule has 0 aromatic heterocycles. The summed E-state index contributed by atoms with van der Waals surface area (Å²) in [5.41, 5.74) is 8.22. The molecule has 0 radical (unpaired) electrons. The van der Waals surface area contributed by atoms with E-state index in [2.05, 4.69) is 22.8 Å². The number of carbonyl (C=O) groups excluding carboxylic acids is 1. The second-order valence-corrected chi connectivity index (χ2v) is 8.51. The molecular formula is C35H34N2O3. The smallest absolute Gasteiger partial charge is 0.150 e. The molecule has 1 N–H and O–H groups in total. The number of hydrogen-bond donors (Lipinski definition) is 1. The summed E-state index contributed by atoms with van der Waals surface area (Å²) in [6.07, 6.45) is 2.54. The first-order valence-electron chi connectivity index (χ1n) is 13.0. The van der Waals surface area contributed by atoms with Gasteiger partial charge in [-0.3, -0.25) is 9.63 Å². The molecule has 0 saturated heterocycles. The first-order chi connectivity index (χ1) is 19.8. The number of hydroxylamine groups is 1. The topological polar surface area (TPSA) is 59.9 Å². The molecule has 0 aliphatic rings. The number of nitrogens with zero attached hydrogens (tertiary/aromatic N) is 1. The number of nitrogens with one attached hydrogen (secondary N) is 1. The maximum absolute atomic E-state index is 10.0. The average Bonchev–Trinajstić information content (AvgIpc) is 3.04. The third-order valence-corrected chi connectivity index (χ3v) is 5.39. The van der Waals surface area contributed by atoms with Crippen molar-refractivity contribution in [1.82, 2.24) is 5.48 Å². The van der Waals surface area contributed by atoms with Crippen molar-refractivity contribution >= 4 is 12.5 Å². The summed E-state index contributed by atoms with van der Waals surface area (Å²) in [4.78, 5) is 20.6. The van der Waals surface area contributed by atoms with E-state index in [9.17, 15) is 4.79 Å². The predicted molar refractivity (Wildman–Crippen MR) is 162 cm³/mol. The minimum absolute atomic E-state index is 0.504. The Kier molecular flexibility index (Phi) is 14.3. The Balaban J connectivity index is 0.000000175. The van der Waals surface area contributed by atoms with Crippen molar-refractivity contribution in [3.63, 3.8) is 0 Å². The monoisotopic (exact) mass is 530 g/mol. The predicted octanol–water partition coefficient (Wildman–Crippen LogP) is 7.64. The maximum atomic E-state index is 10.0. The van der Waals surface area contributed by atoms with Crippen LogP contribution in [-0.2, 0) is 29.4 Å². The summed E-state index contributed by atoms with van der Waals surface area (Å²) in [6, 6.07) is 49.3. The normalized spacial score (nSPS) is 10.0. The molecule has 0 amide bonds. The van der Waals surface area contributed by atoms with Crippen molar-refractivity contribution in [3.05, 3.63) is 179 Å². The minimum atomic E-state index is 0.504. The number of benzene rings is 5. The van der Waals surface area contributed by atoms with Crippen LogP contribution in [0, 0.1) is 0 Å². The summed E-state index contributed by atoms with van der Waals surface area (Å²) in [5, 5.41) is 3.91. The van der Waals surface area contributed by atoms with E-state index >= 15 is 0 Å². The molecule has 0 aliphatic heterocycles. The lowest BCUT2D eigenvalue weighted by molar-refractivity contribution is 0.0235. The minimum Gasteiger partial charge on any atom is -0.391 e. The van der Waals surface area contributed by atoms with E-state index in [0.29, 0.717) is 13.2 Å². The fourth-order valence-electron chi connectivity index (χ4n) is 3.29. The summed E-state index contributed by atoms with van der Waals surface area (Å²) < 4.78 is 0. The number of hydrogen-bond acceptors (Lipinski definition) is 5. The zero-order valence-corrected chi connectivity index (χ0v) is 22.4. The van der Waals surface area contributed by atoms with Gasteiger partial charge in [-0.05, 0) is 22.3 Å². The molecule has 5 nitrogen and oxygen atoms in total. The van der Waals surface area contributed by atoms with Gasteiger partial charge in [-0.15, -0.1) is 0 Å². The lowest BCUT2D eigenvalue weighted by Crippen LogP contribution is -2.13. The van der Waals surface area contributed by atoms with Crippen molar-refractivity contribution < 1.29 is 14.5 Å². The Morgan fingerprint density at radius 3 is 1.43 bits per heavy atom. The van der Waals surface area contributed by atoms with Crippen LogP contribution in [0.2, 0.25) is 0 Å². The Hall–Kier alpha value is -4.84. The Morgan fingerprint density at radius 1 is 0.525 bits per heavy atom. The second kappa shape index (κ2) is 19.3. The van der Waals surface area contributed by atoms with Crippen LogP contribution < -0.4 is 5.48 Å². The third kappa shape index (κ3) is 13.1. The molecule has 5 heteroatoms. The highest BCUT2D eigenvalue weighted by atomic mass is 16.6. The van der Waals surface area contributed by atoms with Crippen molar-refractivity contribution in [2.45, 2.75) is 19.8 Å². The van der Waals surface area contributed by atoms with Crippen LogP contribution >= 0.6 is 0 Å². The number of oxime groups is 1. The number of carbonyl (C=O) groups is 1. The van der Waals surface area contributed by atoms with Crippen molar-refractivity contribution in [2.75, 3.05) is 0 Å². The fraction of sp³-hybridized carbons (Fsp3) is 0.0857. The summed E-state index contributed by atoms with van der Waals surface area (Å²) in [5.74, 6) is 0. The molecule has 5 rings (SSSR count). The van der Waals surface area contributed by atoms with Crippen LogP contribution in [0.25, 0.3) is 0 Å². The number of aldehydes is 1. The standard InChI is InChI=1S/C14H15NO.C14H13NO.C7H6O/c2*1-3-7-13(8-4-1)11-15-16-12-14-9-5-2-6-10-14;8-6-7-4-2-1-3-5-7/h1-10,15H,11-12H2;1-11H,12H2;1-6H. The van der Waals surface area contributed by atoms with Crippen LogP contribution in [0.3, 0.4) is 0 Å². The number of rotatable bonds is 10. The zero-order valence-electron chi connectivity index (χ0n) is 22.4. The highest BCUT2D eigenvalue weighted by Crippen LogP contribution is 2.02. The van der Waals surface area contributed by atoms with Gasteiger partial charge in [-0.2, -0.15) is 5.48 Å². The van der Waals surface area contributed by atoms with Crippen molar-refractivity contribution in [3.8, 4) is 0 Å². The van der Waals surface area contributed by atoms with E-state index in [1.165, 1.54) is 11.1 Å². The van der Waals surface area contributed by atoms with Gasteiger partial charge in [0.2, 0.25) is 0 Å². The maximum Gasteiger partial charge on any atom is 0.150 e. The van der Waals surface area contributed by atoms with Gasteiger partial charge in [0, 0.05) is 12.1 Å². The largest absolute Gasteiger partial charge is 0.391 e. The summed E-state index contributed by atoms with van der Waals surface area (Å²) in [6.45, 7) is 1.82. The first kappa shape index (κ1) is 29.7. The highest BCUT2D eigenvalue weighted by Gasteiger charge is 1.93. The third-order valence-electron chi connectivity index (χ3n) is 5.39. The van der Waals surface area contributed by atoms with Crippen LogP contribution in [-0.4, -0.2) is 12.5 Å². The van der Waals surface area contributed by atoms with Crippen molar-refractivity contribution in [2.24, 2.45) is 5.16 Å². The van der Waals surface area contributed by atoms with E-state index in [1.54, 1.807) is 18.3 Å². The summed E-state index contributed by atoms with van der Waals surface area (Å²) in [7, 11) is 0. The lowest BCUT2D eigenvalue weighted by Gasteiger charge is -2.05. The molecule has 0 bridgehead atoms. The van der Waals surface area contributed by atoms with Crippen molar-refractivity contribution in [1.29, 1.82) is 0 Å². The molecule has 0 aliphatic carbocycles.